The van der Waals surface area contributed by atoms with Gasteiger partial charge in [-0.2, -0.15) is 0 Å². The number of piperidine rings is 1. The lowest BCUT2D eigenvalue weighted by molar-refractivity contribution is -0.620. The maximum atomic E-state index is 12.5. The van der Waals surface area contributed by atoms with E-state index in [1.807, 2.05) is 40.2 Å². The molecule has 196 valence electrons. The highest BCUT2D eigenvalue weighted by molar-refractivity contribution is 7.99. The van der Waals surface area contributed by atoms with Crippen LogP contribution < -0.4 is 15.1 Å². The van der Waals surface area contributed by atoms with Crippen molar-refractivity contribution in [2.24, 2.45) is 5.92 Å². The van der Waals surface area contributed by atoms with E-state index in [0.717, 1.165) is 49.5 Å². The van der Waals surface area contributed by atoms with E-state index in [4.69, 9.17) is 5.10 Å². The van der Waals surface area contributed by atoms with E-state index in [1.54, 1.807) is 23.1 Å². The van der Waals surface area contributed by atoms with E-state index in [9.17, 15) is 4.79 Å². The average molecular weight is 566 g/mol. The monoisotopic (exact) mass is 565 g/mol. The Kier molecular flexibility index (Phi) is 7.54. The molecule has 0 aliphatic carbocycles. The van der Waals surface area contributed by atoms with E-state index >= 15 is 0 Å². The predicted molar refractivity (Wildman–Crippen MR) is 153 cm³/mol. The third kappa shape index (κ3) is 5.68. The van der Waals surface area contributed by atoms with Crippen LogP contribution in [-0.2, 0) is 0 Å². The molecule has 0 saturated carbocycles. The van der Waals surface area contributed by atoms with Crippen molar-refractivity contribution in [3.8, 4) is 10.6 Å². The molecule has 0 spiro atoms. The van der Waals surface area contributed by atoms with Crippen molar-refractivity contribution in [2.75, 3.05) is 31.5 Å². The van der Waals surface area contributed by atoms with Crippen LogP contribution >= 0.6 is 34.4 Å². The van der Waals surface area contributed by atoms with Gasteiger partial charge in [-0.15, -0.1) is 21.5 Å². The first-order chi connectivity index (χ1) is 18.6. The van der Waals surface area contributed by atoms with Crippen LogP contribution in [0.1, 0.15) is 26.2 Å². The fourth-order valence-electron chi connectivity index (χ4n) is 4.68. The van der Waals surface area contributed by atoms with E-state index < -0.39 is 0 Å². The second-order valence-corrected chi connectivity index (χ2v) is 12.3. The highest BCUT2D eigenvalue weighted by Crippen LogP contribution is 2.32. The Balaban J connectivity index is 1.08. The van der Waals surface area contributed by atoms with Crippen molar-refractivity contribution in [1.82, 2.24) is 30.5 Å². The third-order valence-electron chi connectivity index (χ3n) is 6.83. The quantitative estimate of drug-likeness (QED) is 0.221. The molecule has 1 saturated heterocycles. The number of aromatic nitrogens is 5. The minimum atomic E-state index is -0.197. The molecule has 5 heterocycles. The molecular weight excluding hydrogens is 537 g/mol. The zero-order valence-corrected chi connectivity index (χ0v) is 23.5. The number of fused-ring (bicyclic) bond motifs is 2. The van der Waals surface area contributed by atoms with Gasteiger partial charge in [-0.05, 0) is 92.3 Å². The van der Waals surface area contributed by atoms with Crippen LogP contribution in [0.5, 0.6) is 0 Å². The molecule has 2 amide bonds. The molecule has 0 unspecified atom stereocenters. The first kappa shape index (κ1) is 25.2. The maximum Gasteiger partial charge on any atom is 0.326 e. The Morgan fingerprint density at radius 3 is 2.95 bits per heavy atom. The number of aromatic amines is 1. The van der Waals surface area contributed by atoms with Crippen LogP contribution in [0, 0.1) is 5.92 Å². The SMILES string of the molecule is CCN1CCC(CCNC(=O)Nc2nc3ccc(Sc4[nH]nc5ccc(-c6cccs6)n[n+]45)cc3s2)CC1. The Labute approximate surface area is 232 Å². The van der Waals surface area contributed by atoms with Crippen LogP contribution in [-0.4, -0.2) is 57.4 Å². The fraction of sp³-hybridized carbons (Fsp3) is 0.346. The van der Waals surface area contributed by atoms with Crippen LogP contribution in [0.2, 0.25) is 0 Å². The summed E-state index contributed by atoms with van der Waals surface area (Å²) in [4.78, 5) is 21.7. The molecule has 6 rings (SSSR count). The van der Waals surface area contributed by atoms with E-state index in [0.29, 0.717) is 17.6 Å². The van der Waals surface area contributed by atoms with Gasteiger partial charge < -0.3 is 10.2 Å². The van der Waals surface area contributed by atoms with Crippen LogP contribution in [0.25, 0.3) is 26.4 Å². The highest BCUT2D eigenvalue weighted by atomic mass is 32.2. The highest BCUT2D eigenvalue weighted by Gasteiger charge is 2.19. The van der Waals surface area contributed by atoms with Gasteiger partial charge in [-0.25, -0.2) is 9.78 Å². The van der Waals surface area contributed by atoms with Gasteiger partial charge in [0, 0.05) is 22.6 Å². The number of nitrogens with zero attached hydrogens (tertiary/aromatic N) is 5. The smallest absolute Gasteiger partial charge is 0.326 e. The number of thiazole rings is 1. The lowest BCUT2D eigenvalue weighted by Crippen LogP contribution is -2.35. The standard InChI is InChI=1S/C26H28N8OS3/c1-2-33-13-10-17(11-14-33)9-12-27-24(35)29-25-28-19-6-5-18(16-22(19)38-25)37-26-31-30-23-8-7-20(32-34(23)26)21-4-3-15-36-21/h3-8,15-17H,2,9-14H2,1H3,(H2,27,28,29,35)/p+1. The number of hydrogen-bond donors (Lipinski definition) is 3. The molecule has 4 aromatic heterocycles. The minimum Gasteiger partial charge on any atom is -0.338 e. The first-order valence-electron chi connectivity index (χ1n) is 12.8. The zero-order chi connectivity index (χ0) is 25.9. The van der Waals surface area contributed by atoms with E-state index in [1.165, 1.54) is 37.3 Å². The number of H-pyrrole nitrogens is 1. The number of nitrogens with one attached hydrogen (secondary N) is 3. The largest absolute Gasteiger partial charge is 0.338 e. The summed E-state index contributed by atoms with van der Waals surface area (Å²) in [6.07, 6.45) is 3.46. The van der Waals surface area contributed by atoms with Crippen LogP contribution in [0.4, 0.5) is 9.93 Å². The summed E-state index contributed by atoms with van der Waals surface area (Å²) >= 11 is 4.69. The summed E-state index contributed by atoms with van der Waals surface area (Å²) in [6.45, 7) is 6.37. The molecule has 1 aliphatic heterocycles. The van der Waals surface area contributed by atoms with E-state index in [2.05, 4.69) is 49.8 Å². The molecule has 9 nitrogen and oxygen atoms in total. The second kappa shape index (κ2) is 11.4. The average Bonchev–Trinajstić information content (AvgIpc) is 3.69. The van der Waals surface area contributed by atoms with Gasteiger partial charge in [0.1, 0.15) is 5.69 Å². The Morgan fingerprint density at radius 1 is 1.24 bits per heavy atom. The minimum absolute atomic E-state index is 0.197. The topological polar surface area (TPSA) is 103 Å². The first-order valence-corrected chi connectivity index (χ1v) is 15.3. The number of thiophene rings is 1. The molecule has 38 heavy (non-hydrogen) atoms. The molecule has 1 fully saturated rings. The zero-order valence-electron chi connectivity index (χ0n) is 21.0. The molecule has 1 aromatic carbocycles. The van der Waals surface area contributed by atoms with Gasteiger partial charge in [0.25, 0.3) is 0 Å². The lowest BCUT2D eigenvalue weighted by atomic mass is 9.93. The molecule has 3 N–H and O–H groups in total. The summed E-state index contributed by atoms with van der Waals surface area (Å²) in [5.41, 5.74) is 2.53. The Bertz CT molecular complexity index is 1540. The molecule has 0 radical (unpaired) electrons. The van der Waals surface area contributed by atoms with Crippen molar-refractivity contribution in [2.45, 2.75) is 36.2 Å². The predicted octanol–water partition coefficient (Wildman–Crippen LogP) is 5.28. The van der Waals surface area contributed by atoms with Crippen molar-refractivity contribution >= 4 is 61.5 Å². The number of benzene rings is 1. The number of rotatable bonds is 8. The summed E-state index contributed by atoms with van der Waals surface area (Å²) in [5, 5.41) is 21.6. The molecule has 0 bridgehead atoms. The maximum absolute atomic E-state index is 12.5. The number of hydrogen-bond acceptors (Lipinski definition) is 8. The van der Waals surface area contributed by atoms with Crippen LogP contribution in [0.15, 0.2) is 57.9 Å². The van der Waals surface area contributed by atoms with Gasteiger partial charge >= 0.3 is 16.8 Å². The number of carbonyl (C=O) groups is 1. The normalized spacial score (nSPS) is 14.9. The summed E-state index contributed by atoms with van der Waals surface area (Å²) in [6, 6.07) is 13.9. The number of amides is 2. The lowest BCUT2D eigenvalue weighted by Gasteiger charge is -2.30. The van der Waals surface area contributed by atoms with Gasteiger partial charge in [0.15, 0.2) is 5.13 Å². The fourth-order valence-corrected chi connectivity index (χ4v) is 7.19. The van der Waals surface area contributed by atoms with Crippen LogP contribution in [0.3, 0.4) is 0 Å². The second-order valence-electron chi connectivity index (χ2n) is 9.29. The molecule has 5 aromatic rings. The van der Waals surface area contributed by atoms with Gasteiger partial charge in [-0.3, -0.25) is 5.32 Å². The molecule has 1 aliphatic rings. The number of carbonyl (C=O) groups excluding carboxylic acids is 1. The third-order valence-corrected chi connectivity index (χ3v) is 9.61. The molecule has 0 atom stereocenters. The molecular formula is C26H29N8OS3+. The Morgan fingerprint density at radius 2 is 2.13 bits per heavy atom. The Hall–Kier alpha value is -3.06. The summed E-state index contributed by atoms with van der Waals surface area (Å²) < 4.78 is 2.84. The summed E-state index contributed by atoms with van der Waals surface area (Å²) in [5.74, 6) is 0.694. The summed E-state index contributed by atoms with van der Waals surface area (Å²) in [7, 11) is 0. The number of urea groups is 1. The van der Waals surface area contributed by atoms with Gasteiger partial charge in [-0.1, -0.05) is 28.8 Å². The van der Waals surface area contributed by atoms with Crippen molar-refractivity contribution < 1.29 is 9.31 Å². The van der Waals surface area contributed by atoms with Gasteiger partial charge in [0.2, 0.25) is 0 Å². The number of anilines is 1. The number of likely N-dealkylation sites (tertiary alicyclic amines) is 1. The van der Waals surface area contributed by atoms with Crippen molar-refractivity contribution in [3.63, 3.8) is 0 Å². The van der Waals surface area contributed by atoms with E-state index in [-0.39, 0.29) is 6.03 Å². The molecule has 12 heteroatoms. The van der Waals surface area contributed by atoms with Crippen molar-refractivity contribution in [3.05, 3.63) is 47.8 Å². The van der Waals surface area contributed by atoms with Crippen molar-refractivity contribution in [1.29, 1.82) is 0 Å². The van der Waals surface area contributed by atoms with Gasteiger partial charge in [0.05, 0.1) is 15.1 Å².